The average molecular weight is 325 g/mol. The molecule has 0 saturated carbocycles. The number of thiocarbonyl (C=S) groups is 1. The number of nitrogens with zero attached hydrogens (tertiary/aromatic N) is 3. The molecule has 112 valence electrons. The van der Waals surface area contributed by atoms with Gasteiger partial charge in [-0.25, -0.2) is 13.1 Å². The van der Waals surface area contributed by atoms with Crippen LogP contribution in [0.2, 0.25) is 0 Å². The number of hydrogen-bond donors (Lipinski definition) is 2. The van der Waals surface area contributed by atoms with E-state index in [4.69, 9.17) is 18.0 Å². The smallest absolute Gasteiger partial charge is 0.241 e. The molecule has 0 spiro atoms. The van der Waals surface area contributed by atoms with E-state index in [9.17, 15) is 8.42 Å². The van der Waals surface area contributed by atoms with E-state index in [2.05, 4.69) is 14.9 Å². The van der Waals surface area contributed by atoms with Crippen molar-refractivity contribution in [2.75, 3.05) is 0 Å². The molecule has 1 aromatic carbocycles. The number of hydrogen-bond acceptors (Lipinski definition) is 5. The Bertz CT molecular complexity index is 783. The Morgan fingerprint density at radius 3 is 2.71 bits per heavy atom. The molecule has 9 heteroatoms. The highest BCUT2D eigenvalue weighted by atomic mass is 32.2. The first-order valence-electron chi connectivity index (χ1n) is 6.04. The summed E-state index contributed by atoms with van der Waals surface area (Å²) in [7, 11) is -1.90. The predicted molar refractivity (Wildman–Crippen MR) is 82.1 cm³/mol. The number of nitrogens with one attached hydrogen (secondary N) is 1. The summed E-state index contributed by atoms with van der Waals surface area (Å²) in [4.78, 5) is 0.416. The molecule has 0 bridgehead atoms. The monoisotopic (exact) mass is 325 g/mol. The van der Waals surface area contributed by atoms with Crippen LogP contribution in [0.3, 0.4) is 0 Å². The second-order valence-electron chi connectivity index (χ2n) is 4.53. The van der Waals surface area contributed by atoms with Crippen molar-refractivity contribution in [3.63, 3.8) is 0 Å². The van der Waals surface area contributed by atoms with Crippen molar-refractivity contribution in [1.29, 1.82) is 0 Å². The van der Waals surface area contributed by atoms with Gasteiger partial charge >= 0.3 is 0 Å². The molecule has 2 aromatic rings. The van der Waals surface area contributed by atoms with E-state index in [-0.39, 0.29) is 16.4 Å². The summed E-state index contributed by atoms with van der Waals surface area (Å²) >= 11 is 4.87. The van der Waals surface area contributed by atoms with E-state index in [1.807, 2.05) is 0 Å². The lowest BCUT2D eigenvalue weighted by Crippen LogP contribution is -2.25. The third-order valence-corrected chi connectivity index (χ3v) is 4.77. The van der Waals surface area contributed by atoms with Gasteiger partial charge in [0.25, 0.3) is 0 Å². The van der Waals surface area contributed by atoms with E-state index in [1.165, 1.54) is 12.4 Å². The lowest BCUT2D eigenvalue weighted by molar-refractivity contribution is 0.577. The van der Waals surface area contributed by atoms with Crippen LogP contribution in [0.25, 0.3) is 0 Å². The molecule has 0 fully saturated rings. The summed E-state index contributed by atoms with van der Waals surface area (Å²) in [6, 6.07) is 4.73. The molecule has 0 amide bonds. The summed E-state index contributed by atoms with van der Waals surface area (Å²) in [5.41, 5.74) is 6.74. The van der Waals surface area contributed by atoms with Crippen LogP contribution in [0.4, 0.5) is 0 Å². The van der Waals surface area contributed by atoms with Gasteiger partial charge in [0, 0.05) is 12.6 Å². The van der Waals surface area contributed by atoms with Crippen LogP contribution in [0.1, 0.15) is 17.0 Å². The molecule has 0 aliphatic rings. The fourth-order valence-corrected chi connectivity index (χ4v) is 3.14. The minimum atomic E-state index is -3.64. The Balaban J connectivity index is 2.23. The highest BCUT2D eigenvalue weighted by Crippen LogP contribution is 2.17. The predicted octanol–water partition coefficient (Wildman–Crippen LogP) is 0.236. The van der Waals surface area contributed by atoms with Crippen LogP contribution in [-0.2, 0) is 23.6 Å². The normalized spacial score (nSPS) is 11.5. The zero-order chi connectivity index (χ0) is 15.6. The lowest BCUT2D eigenvalue weighted by Gasteiger charge is -2.10. The van der Waals surface area contributed by atoms with Crippen molar-refractivity contribution in [2.24, 2.45) is 12.8 Å². The highest BCUT2D eigenvalue weighted by molar-refractivity contribution is 7.89. The Morgan fingerprint density at radius 1 is 1.48 bits per heavy atom. The van der Waals surface area contributed by atoms with Gasteiger partial charge in [-0.3, -0.25) is 0 Å². The van der Waals surface area contributed by atoms with Crippen LogP contribution in [0, 0.1) is 6.92 Å². The zero-order valence-electron chi connectivity index (χ0n) is 11.6. The molecule has 0 aliphatic heterocycles. The minimum absolute atomic E-state index is 0.0648. The Labute approximate surface area is 128 Å². The Kier molecular flexibility index (Phi) is 4.35. The molecule has 3 N–H and O–H groups in total. The van der Waals surface area contributed by atoms with Gasteiger partial charge < -0.3 is 10.3 Å². The molecule has 0 radical (unpaired) electrons. The molecule has 7 nitrogen and oxygen atoms in total. The number of rotatable bonds is 5. The second kappa shape index (κ2) is 5.88. The number of nitrogens with two attached hydrogens (primary N) is 1. The van der Waals surface area contributed by atoms with E-state index in [1.54, 1.807) is 30.7 Å². The molecule has 0 atom stereocenters. The van der Waals surface area contributed by atoms with Crippen LogP contribution in [0.5, 0.6) is 0 Å². The maximum atomic E-state index is 12.3. The van der Waals surface area contributed by atoms with Crippen LogP contribution < -0.4 is 10.5 Å². The fourth-order valence-electron chi connectivity index (χ4n) is 1.81. The quantitative estimate of drug-likeness (QED) is 0.763. The largest absolute Gasteiger partial charge is 0.389 e. The topological polar surface area (TPSA) is 103 Å². The van der Waals surface area contributed by atoms with Gasteiger partial charge in [-0.15, -0.1) is 10.2 Å². The van der Waals surface area contributed by atoms with Gasteiger partial charge in [0.1, 0.15) is 17.1 Å². The van der Waals surface area contributed by atoms with E-state index in [0.29, 0.717) is 17.0 Å². The molecule has 0 unspecified atom stereocenters. The summed E-state index contributed by atoms with van der Waals surface area (Å²) < 4.78 is 28.8. The van der Waals surface area contributed by atoms with Gasteiger partial charge in [0.05, 0.1) is 11.4 Å². The lowest BCUT2D eigenvalue weighted by atomic mass is 10.1. The molecule has 0 saturated heterocycles. The van der Waals surface area contributed by atoms with Crippen molar-refractivity contribution >= 4 is 27.2 Å². The number of sulfonamides is 1. The van der Waals surface area contributed by atoms with E-state index < -0.39 is 10.0 Å². The standard InChI is InChI=1S/C12H15N5O2S2/c1-8-5-9(12(13)20)3-4-10(8)21(18,19)15-6-11-16-14-7-17(11)2/h3-5,7,15H,6H2,1-2H3,(H2,13,20). The van der Waals surface area contributed by atoms with Gasteiger partial charge in [-0.1, -0.05) is 18.3 Å². The number of benzene rings is 1. The zero-order valence-corrected chi connectivity index (χ0v) is 13.2. The SMILES string of the molecule is Cc1cc(C(N)=S)ccc1S(=O)(=O)NCc1nncn1C. The first-order chi connectivity index (χ1) is 9.81. The first-order valence-corrected chi connectivity index (χ1v) is 7.93. The summed E-state index contributed by atoms with van der Waals surface area (Å²) in [6.07, 6.45) is 1.51. The maximum Gasteiger partial charge on any atom is 0.241 e. The summed E-state index contributed by atoms with van der Waals surface area (Å²) in [6.45, 7) is 1.76. The molecular formula is C12H15N5O2S2. The molecular weight excluding hydrogens is 310 g/mol. The van der Waals surface area contributed by atoms with Crippen LogP contribution >= 0.6 is 12.2 Å². The minimum Gasteiger partial charge on any atom is -0.389 e. The first kappa shape index (κ1) is 15.5. The summed E-state index contributed by atoms with van der Waals surface area (Å²) in [5, 5.41) is 7.52. The van der Waals surface area contributed by atoms with Crippen molar-refractivity contribution in [2.45, 2.75) is 18.4 Å². The number of aryl methyl sites for hydroxylation is 2. The number of aromatic nitrogens is 3. The van der Waals surface area contributed by atoms with E-state index >= 15 is 0 Å². The van der Waals surface area contributed by atoms with E-state index in [0.717, 1.165) is 0 Å². The Morgan fingerprint density at radius 2 is 2.19 bits per heavy atom. The van der Waals surface area contributed by atoms with Gasteiger partial charge in [0.2, 0.25) is 10.0 Å². The molecule has 2 rings (SSSR count). The van der Waals surface area contributed by atoms with Crippen LogP contribution in [-0.4, -0.2) is 28.2 Å². The molecule has 21 heavy (non-hydrogen) atoms. The third kappa shape index (κ3) is 3.43. The van der Waals surface area contributed by atoms with Crippen LogP contribution in [0.15, 0.2) is 29.4 Å². The van der Waals surface area contributed by atoms with Gasteiger partial charge in [-0.2, -0.15) is 0 Å². The van der Waals surface area contributed by atoms with Crippen molar-refractivity contribution in [3.05, 3.63) is 41.5 Å². The summed E-state index contributed by atoms with van der Waals surface area (Å²) in [5.74, 6) is 0.524. The third-order valence-electron chi connectivity index (χ3n) is 2.97. The molecule has 1 aromatic heterocycles. The maximum absolute atomic E-state index is 12.3. The van der Waals surface area contributed by atoms with Crippen molar-refractivity contribution in [3.8, 4) is 0 Å². The Hall–Kier alpha value is -1.84. The molecule has 0 aliphatic carbocycles. The highest BCUT2D eigenvalue weighted by Gasteiger charge is 2.18. The van der Waals surface area contributed by atoms with Gasteiger partial charge in [-0.05, 0) is 24.6 Å². The fraction of sp³-hybridized carbons (Fsp3) is 0.250. The van der Waals surface area contributed by atoms with Gasteiger partial charge in [0.15, 0.2) is 0 Å². The molecule has 1 heterocycles. The van der Waals surface area contributed by atoms with Crippen molar-refractivity contribution < 1.29 is 8.42 Å². The second-order valence-corrected chi connectivity index (χ2v) is 6.70. The average Bonchev–Trinajstić information content (AvgIpc) is 2.81. The van der Waals surface area contributed by atoms with Crippen molar-refractivity contribution in [1.82, 2.24) is 19.5 Å².